The third-order valence-corrected chi connectivity index (χ3v) is 5.42. The highest BCUT2D eigenvalue weighted by molar-refractivity contribution is 6.05. The van der Waals surface area contributed by atoms with Crippen LogP contribution in [0.15, 0.2) is 54.7 Å². The van der Waals surface area contributed by atoms with Crippen molar-refractivity contribution in [3.05, 3.63) is 60.3 Å². The van der Waals surface area contributed by atoms with Gasteiger partial charge < -0.3 is 20.4 Å². The van der Waals surface area contributed by atoms with E-state index in [9.17, 15) is 14.4 Å². The number of carbonyl (C=O) groups is 3. The lowest BCUT2D eigenvalue weighted by atomic mass is 10.1. The van der Waals surface area contributed by atoms with Crippen LogP contribution in [0.25, 0.3) is 10.9 Å². The molecular weight excluding hydrogens is 396 g/mol. The zero-order chi connectivity index (χ0) is 21.8. The van der Waals surface area contributed by atoms with Gasteiger partial charge in [-0.1, -0.05) is 18.2 Å². The first kappa shape index (κ1) is 20.5. The third-order valence-electron chi connectivity index (χ3n) is 5.42. The summed E-state index contributed by atoms with van der Waals surface area (Å²) in [5.41, 5.74) is 2.65. The summed E-state index contributed by atoms with van der Waals surface area (Å²) in [5.74, 6) is 0.260. The fraction of sp³-hybridized carbons (Fsp3) is 0.261. The Morgan fingerprint density at radius 2 is 1.94 bits per heavy atom. The van der Waals surface area contributed by atoms with Gasteiger partial charge in [0, 0.05) is 30.1 Å². The van der Waals surface area contributed by atoms with E-state index in [2.05, 4.69) is 15.6 Å². The Morgan fingerprint density at radius 1 is 1.13 bits per heavy atom. The number of ether oxygens (including phenoxy) is 1. The number of nitrogens with one attached hydrogen (secondary N) is 3. The van der Waals surface area contributed by atoms with Crippen LogP contribution in [0, 0.1) is 0 Å². The fourth-order valence-electron chi connectivity index (χ4n) is 3.70. The first-order valence-electron chi connectivity index (χ1n) is 10.2. The van der Waals surface area contributed by atoms with Gasteiger partial charge in [-0.15, -0.1) is 0 Å². The summed E-state index contributed by atoms with van der Waals surface area (Å²) in [6, 6.07) is 13.9. The molecule has 31 heavy (non-hydrogen) atoms. The molecule has 4 amide bonds. The van der Waals surface area contributed by atoms with Crippen LogP contribution in [0.3, 0.4) is 0 Å². The largest absolute Gasteiger partial charge is 0.497 e. The highest BCUT2D eigenvalue weighted by Crippen LogP contribution is 2.22. The van der Waals surface area contributed by atoms with Gasteiger partial charge in [0.15, 0.2) is 0 Å². The number of hydrogen-bond donors (Lipinski definition) is 3. The number of methoxy groups -OCH3 is 1. The maximum atomic E-state index is 12.6. The second-order valence-electron chi connectivity index (χ2n) is 7.42. The summed E-state index contributed by atoms with van der Waals surface area (Å²) in [5, 5.41) is 6.49. The number of carbonyl (C=O) groups excluding carboxylic acids is 3. The molecule has 160 valence electrons. The van der Waals surface area contributed by atoms with E-state index in [1.165, 1.54) is 4.90 Å². The molecule has 0 radical (unpaired) electrons. The summed E-state index contributed by atoms with van der Waals surface area (Å²) >= 11 is 0. The first-order chi connectivity index (χ1) is 15.0. The molecule has 4 rings (SSSR count). The standard InChI is InChI=1S/C23H24N4O4/c1-31-16-7-5-15(6-8-16)12-14-27-22(29)20(26-23(27)30)9-10-21(28)25-19-4-2-3-18-17(19)11-13-24-18/h2-8,11,13,20,24H,9-10,12,14H2,1H3,(H,25,28)(H,26,30)/t20-/m0/s1. The van der Waals surface area contributed by atoms with Gasteiger partial charge in [0.1, 0.15) is 11.8 Å². The highest BCUT2D eigenvalue weighted by Gasteiger charge is 2.37. The SMILES string of the molecule is COc1ccc(CCN2C(=O)N[C@@H](CCC(=O)Nc3cccc4[nH]ccc34)C2=O)cc1. The molecule has 1 aromatic heterocycles. The number of imide groups is 1. The molecule has 8 nitrogen and oxygen atoms in total. The molecule has 1 fully saturated rings. The van der Waals surface area contributed by atoms with Crippen LogP contribution >= 0.6 is 0 Å². The Morgan fingerprint density at radius 3 is 2.71 bits per heavy atom. The van der Waals surface area contributed by atoms with Crippen LogP contribution in [0.2, 0.25) is 0 Å². The summed E-state index contributed by atoms with van der Waals surface area (Å²) < 4.78 is 5.13. The average Bonchev–Trinajstić information content (AvgIpc) is 3.36. The molecule has 3 aromatic rings. The van der Waals surface area contributed by atoms with E-state index in [0.717, 1.165) is 22.2 Å². The van der Waals surface area contributed by atoms with Gasteiger partial charge in [-0.3, -0.25) is 14.5 Å². The Bertz CT molecular complexity index is 1110. The number of aromatic nitrogens is 1. The van der Waals surface area contributed by atoms with Crippen molar-refractivity contribution in [2.75, 3.05) is 19.0 Å². The van der Waals surface area contributed by atoms with Gasteiger partial charge in [0.25, 0.3) is 5.91 Å². The van der Waals surface area contributed by atoms with Crippen molar-refractivity contribution in [1.29, 1.82) is 0 Å². The number of benzene rings is 2. The van der Waals surface area contributed by atoms with Gasteiger partial charge in [0.05, 0.1) is 12.8 Å². The van der Waals surface area contributed by atoms with Crippen LogP contribution in [-0.4, -0.2) is 47.4 Å². The maximum Gasteiger partial charge on any atom is 0.324 e. The lowest BCUT2D eigenvalue weighted by molar-refractivity contribution is -0.127. The Labute approximate surface area is 179 Å². The van der Waals surface area contributed by atoms with Crippen LogP contribution in [0.4, 0.5) is 10.5 Å². The zero-order valence-corrected chi connectivity index (χ0v) is 17.2. The van der Waals surface area contributed by atoms with E-state index in [1.54, 1.807) is 7.11 Å². The number of urea groups is 1. The predicted molar refractivity (Wildman–Crippen MR) is 117 cm³/mol. The molecule has 8 heteroatoms. The van der Waals surface area contributed by atoms with Crippen molar-refractivity contribution >= 4 is 34.4 Å². The van der Waals surface area contributed by atoms with Gasteiger partial charge in [-0.25, -0.2) is 4.79 Å². The molecule has 0 saturated carbocycles. The number of nitrogens with zero attached hydrogens (tertiary/aromatic N) is 1. The smallest absolute Gasteiger partial charge is 0.324 e. The van der Waals surface area contributed by atoms with Gasteiger partial charge in [-0.2, -0.15) is 0 Å². The van der Waals surface area contributed by atoms with Gasteiger partial charge >= 0.3 is 6.03 Å². The van der Waals surface area contributed by atoms with E-state index >= 15 is 0 Å². The molecule has 1 aliphatic rings. The molecule has 0 bridgehead atoms. The van der Waals surface area contributed by atoms with E-state index in [0.29, 0.717) is 12.1 Å². The lowest BCUT2D eigenvalue weighted by Gasteiger charge is -2.13. The van der Waals surface area contributed by atoms with Gasteiger partial charge in [0.2, 0.25) is 5.91 Å². The minimum atomic E-state index is -0.683. The quantitative estimate of drug-likeness (QED) is 0.487. The second kappa shape index (κ2) is 8.91. The van der Waals surface area contributed by atoms with E-state index in [-0.39, 0.29) is 31.2 Å². The summed E-state index contributed by atoms with van der Waals surface area (Å²) in [6.07, 6.45) is 2.74. The maximum absolute atomic E-state index is 12.6. The molecule has 1 saturated heterocycles. The van der Waals surface area contributed by atoms with Crippen molar-refractivity contribution in [1.82, 2.24) is 15.2 Å². The summed E-state index contributed by atoms with van der Waals surface area (Å²) in [4.78, 5) is 41.6. The molecule has 1 atom stereocenters. The normalized spacial score (nSPS) is 15.9. The van der Waals surface area contributed by atoms with Crippen LogP contribution in [-0.2, 0) is 16.0 Å². The van der Waals surface area contributed by atoms with Gasteiger partial charge in [-0.05, 0) is 48.7 Å². The minimum absolute atomic E-state index is 0.129. The fourth-order valence-corrected chi connectivity index (χ4v) is 3.70. The minimum Gasteiger partial charge on any atom is -0.497 e. The van der Waals surface area contributed by atoms with Crippen LogP contribution in [0.5, 0.6) is 5.75 Å². The third kappa shape index (κ3) is 4.53. The second-order valence-corrected chi connectivity index (χ2v) is 7.42. The molecule has 1 aliphatic heterocycles. The molecule has 0 aliphatic carbocycles. The van der Waals surface area contributed by atoms with Crippen molar-refractivity contribution in [3.63, 3.8) is 0 Å². The number of H-pyrrole nitrogens is 1. The van der Waals surface area contributed by atoms with Crippen LogP contribution < -0.4 is 15.4 Å². The monoisotopic (exact) mass is 420 g/mol. The molecule has 2 aromatic carbocycles. The molecule has 0 spiro atoms. The van der Waals surface area contributed by atoms with E-state index < -0.39 is 12.1 Å². The highest BCUT2D eigenvalue weighted by atomic mass is 16.5. The molecule has 3 N–H and O–H groups in total. The van der Waals surface area contributed by atoms with Crippen LogP contribution in [0.1, 0.15) is 18.4 Å². The van der Waals surface area contributed by atoms with Crippen molar-refractivity contribution < 1.29 is 19.1 Å². The summed E-state index contributed by atoms with van der Waals surface area (Å²) in [6.45, 7) is 0.287. The van der Waals surface area contributed by atoms with E-state index in [4.69, 9.17) is 4.74 Å². The number of fused-ring (bicyclic) bond motifs is 1. The number of aromatic amines is 1. The zero-order valence-electron chi connectivity index (χ0n) is 17.2. The average molecular weight is 420 g/mol. The molecular formula is C23H24N4O4. The lowest BCUT2D eigenvalue weighted by Crippen LogP contribution is -2.33. The number of amides is 4. The van der Waals surface area contributed by atoms with Crippen molar-refractivity contribution in [3.8, 4) is 5.75 Å². The Balaban J connectivity index is 1.29. The van der Waals surface area contributed by atoms with Crippen molar-refractivity contribution in [2.45, 2.75) is 25.3 Å². The number of rotatable bonds is 8. The molecule has 2 heterocycles. The first-order valence-corrected chi connectivity index (χ1v) is 10.2. The topological polar surface area (TPSA) is 104 Å². The van der Waals surface area contributed by atoms with Crippen molar-refractivity contribution in [2.24, 2.45) is 0 Å². The van der Waals surface area contributed by atoms with E-state index in [1.807, 2.05) is 54.7 Å². The summed E-state index contributed by atoms with van der Waals surface area (Å²) in [7, 11) is 1.60. The Kier molecular flexibility index (Phi) is 5.88. The predicted octanol–water partition coefficient (Wildman–Crippen LogP) is 3.06. The Hall–Kier alpha value is -3.81. The number of hydrogen-bond acceptors (Lipinski definition) is 4. The molecule has 0 unspecified atom stereocenters. The number of anilines is 1.